The minimum atomic E-state index is -0.184. The molecule has 0 spiro atoms. The fourth-order valence-electron chi connectivity index (χ4n) is 7.89. The summed E-state index contributed by atoms with van der Waals surface area (Å²) in [5.41, 5.74) is 18.8. The second-order valence-corrected chi connectivity index (χ2v) is 12.9. The maximum absolute atomic E-state index is 2.44. The van der Waals surface area contributed by atoms with Gasteiger partial charge in [-0.25, -0.2) is 0 Å². The molecule has 0 unspecified atom stereocenters. The normalized spacial score (nSPS) is 13.2. The van der Waals surface area contributed by atoms with Crippen LogP contribution in [0.2, 0.25) is 0 Å². The van der Waals surface area contributed by atoms with Gasteiger partial charge in [0.25, 0.3) is 0 Å². The van der Waals surface area contributed by atoms with Gasteiger partial charge in [0, 0.05) is 22.4 Å². The monoisotopic (exact) mass is 587 g/mol. The summed E-state index contributed by atoms with van der Waals surface area (Å²) in [5, 5.41) is 0. The highest BCUT2D eigenvalue weighted by atomic mass is 15.1. The zero-order chi connectivity index (χ0) is 30.8. The molecule has 0 heterocycles. The van der Waals surface area contributed by atoms with E-state index in [1.54, 1.807) is 0 Å². The molecule has 0 atom stereocenters. The van der Waals surface area contributed by atoms with E-state index >= 15 is 0 Å². The average molecular weight is 588 g/mol. The highest BCUT2D eigenvalue weighted by Crippen LogP contribution is 2.59. The molecule has 2 aliphatic rings. The SMILES string of the molecule is CC1(C)c2ccccc2-c2c3ccc(N(c4ccccc4)c4ccc(-c5ccccc5)cc4)c2-c2ccccc2-c2c-3cccc21. The zero-order valence-corrected chi connectivity index (χ0v) is 26.0. The highest BCUT2D eigenvalue weighted by Gasteiger charge is 2.38. The third-order valence-corrected chi connectivity index (χ3v) is 10.0. The van der Waals surface area contributed by atoms with E-state index in [4.69, 9.17) is 0 Å². The van der Waals surface area contributed by atoms with Gasteiger partial charge in [0.15, 0.2) is 0 Å². The third kappa shape index (κ3) is 3.88. The second kappa shape index (κ2) is 10.2. The number of anilines is 3. The minimum absolute atomic E-state index is 0.184. The number of hydrogen-bond donors (Lipinski definition) is 0. The lowest BCUT2D eigenvalue weighted by Gasteiger charge is -2.34. The summed E-state index contributed by atoms with van der Waals surface area (Å²) in [6.07, 6.45) is 0. The van der Waals surface area contributed by atoms with Crippen molar-refractivity contribution in [2.45, 2.75) is 19.3 Å². The van der Waals surface area contributed by atoms with E-state index in [9.17, 15) is 0 Å². The van der Waals surface area contributed by atoms with Crippen LogP contribution in [-0.2, 0) is 5.41 Å². The summed E-state index contributed by atoms with van der Waals surface area (Å²) < 4.78 is 0. The van der Waals surface area contributed by atoms with Crippen LogP contribution in [0.4, 0.5) is 17.1 Å². The van der Waals surface area contributed by atoms with Crippen LogP contribution in [0.15, 0.2) is 164 Å². The lowest BCUT2D eigenvalue weighted by atomic mass is 9.69. The fraction of sp³-hybridized carbons (Fsp3) is 0.0667. The number of hydrogen-bond acceptors (Lipinski definition) is 1. The largest absolute Gasteiger partial charge is 0.310 e. The lowest BCUT2D eigenvalue weighted by molar-refractivity contribution is 0.644. The molecule has 0 amide bonds. The molecule has 0 fully saturated rings. The number of fused-ring (bicyclic) bond motifs is 3. The Kier molecular flexibility index (Phi) is 5.92. The molecule has 0 N–H and O–H groups in total. The van der Waals surface area contributed by atoms with Crippen molar-refractivity contribution in [3.63, 3.8) is 0 Å². The number of benzene rings is 7. The maximum Gasteiger partial charge on any atom is 0.0546 e. The van der Waals surface area contributed by atoms with Crippen LogP contribution in [0.5, 0.6) is 0 Å². The number of nitrogens with zero attached hydrogens (tertiary/aromatic N) is 1. The molecular weight excluding hydrogens is 555 g/mol. The maximum atomic E-state index is 2.44. The predicted molar refractivity (Wildman–Crippen MR) is 194 cm³/mol. The van der Waals surface area contributed by atoms with Crippen LogP contribution in [0, 0.1) is 0 Å². The molecule has 0 aromatic heterocycles. The summed E-state index contributed by atoms with van der Waals surface area (Å²) in [5.74, 6) is 0. The zero-order valence-electron chi connectivity index (χ0n) is 26.0. The van der Waals surface area contributed by atoms with Gasteiger partial charge in [0.05, 0.1) is 5.69 Å². The van der Waals surface area contributed by atoms with Gasteiger partial charge in [-0.3, -0.25) is 0 Å². The van der Waals surface area contributed by atoms with Crippen molar-refractivity contribution in [1.29, 1.82) is 0 Å². The average Bonchev–Trinajstić information content (AvgIpc) is 3.18. The molecule has 0 aliphatic heterocycles. The Morgan fingerprint density at radius 3 is 1.61 bits per heavy atom. The molecule has 1 nitrogen and oxygen atoms in total. The van der Waals surface area contributed by atoms with Crippen LogP contribution in [0.25, 0.3) is 55.6 Å². The lowest BCUT2D eigenvalue weighted by Crippen LogP contribution is -2.22. The molecule has 6 bridgehead atoms. The van der Waals surface area contributed by atoms with Crippen LogP contribution in [0.1, 0.15) is 25.0 Å². The van der Waals surface area contributed by atoms with Crippen molar-refractivity contribution in [2.24, 2.45) is 0 Å². The fourth-order valence-corrected chi connectivity index (χ4v) is 7.89. The minimum Gasteiger partial charge on any atom is -0.310 e. The Balaban J connectivity index is 1.39. The van der Waals surface area contributed by atoms with E-state index in [1.807, 2.05) is 0 Å². The van der Waals surface area contributed by atoms with Crippen molar-refractivity contribution >= 4 is 17.1 Å². The Morgan fingerprint density at radius 2 is 0.870 bits per heavy atom. The molecule has 7 aromatic rings. The van der Waals surface area contributed by atoms with E-state index in [-0.39, 0.29) is 5.41 Å². The molecule has 218 valence electrons. The Bertz CT molecular complexity index is 2260. The van der Waals surface area contributed by atoms with Crippen molar-refractivity contribution in [3.05, 3.63) is 175 Å². The Labute approximate surface area is 271 Å². The van der Waals surface area contributed by atoms with E-state index in [2.05, 4.69) is 183 Å². The smallest absolute Gasteiger partial charge is 0.0546 e. The van der Waals surface area contributed by atoms with Gasteiger partial charge in [0.2, 0.25) is 0 Å². The molecule has 0 radical (unpaired) electrons. The van der Waals surface area contributed by atoms with Crippen molar-refractivity contribution < 1.29 is 0 Å². The number of para-hydroxylation sites is 1. The summed E-state index contributed by atoms with van der Waals surface area (Å²) >= 11 is 0. The van der Waals surface area contributed by atoms with Gasteiger partial charge in [-0.1, -0.05) is 147 Å². The van der Waals surface area contributed by atoms with E-state index < -0.39 is 0 Å². The first kappa shape index (κ1) is 26.7. The number of rotatable bonds is 4. The van der Waals surface area contributed by atoms with Crippen molar-refractivity contribution in [1.82, 2.24) is 0 Å². The van der Waals surface area contributed by atoms with Gasteiger partial charge in [-0.2, -0.15) is 0 Å². The topological polar surface area (TPSA) is 3.24 Å². The van der Waals surface area contributed by atoms with Gasteiger partial charge >= 0.3 is 0 Å². The summed E-state index contributed by atoms with van der Waals surface area (Å²) in [7, 11) is 0. The quantitative estimate of drug-likeness (QED) is 0.198. The molecule has 9 rings (SSSR count). The molecular formula is C45H33N. The molecule has 2 aliphatic carbocycles. The molecule has 0 saturated carbocycles. The predicted octanol–water partition coefficient (Wildman–Crippen LogP) is 12.4. The first-order chi connectivity index (χ1) is 22.6. The Morgan fingerprint density at radius 1 is 0.348 bits per heavy atom. The van der Waals surface area contributed by atoms with E-state index in [0.717, 1.165) is 11.4 Å². The van der Waals surface area contributed by atoms with Crippen LogP contribution < -0.4 is 4.90 Å². The molecule has 1 heteroatoms. The van der Waals surface area contributed by atoms with Gasteiger partial charge < -0.3 is 4.90 Å². The van der Waals surface area contributed by atoms with Crippen molar-refractivity contribution in [3.8, 4) is 55.6 Å². The molecule has 0 saturated heterocycles. The van der Waals surface area contributed by atoms with Crippen LogP contribution in [-0.4, -0.2) is 0 Å². The van der Waals surface area contributed by atoms with Crippen molar-refractivity contribution in [2.75, 3.05) is 4.90 Å². The van der Waals surface area contributed by atoms with Gasteiger partial charge in [-0.15, -0.1) is 0 Å². The van der Waals surface area contributed by atoms with Gasteiger partial charge in [-0.05, 0) is 91.5 Å². The van der Waals surface area contributed by atoms with Gasteiger partial charge in [0.1, 0.15) is 0 Å². The summed E-state index contributed by atoms with van der Waals surface area (Å²) in [6.45, 7) is 4.78. The standard InChI is InChI=1S/C45H33N/c1-45(2)39-22-12-11-20-38(39)43-37-28-29-41(44(43)36-19-10-9-18-34(36)42-35(37)21-13-23-40(42)45)46(32-16-7-4-8-17-32)33-26-24-31(25-27-33)30-14-5-3-6-15-30/h3-29H,1-2H3. The molecule has 46 heavy (non-hydrogen) atoms. The highest BCUT2D eigenvalue weighted by molar-refractivity contribution is 6.12. The molecule has 7 aromatic carbocycles. The summed E-state index contributed by atoms with van der Waals surface area (Å²) in [6, 6.07) is 60.2. The van der Waals surface area contributed by atoms with Crippen LogP contribution >= 0.6 is 0 Å². The van der Waals surface area contributed by atoms with Crippen LogP contribution in [0.3, 0.4) is 0 Å². The van der Waals surface area contributed by atoms with E-state index in [1.165, 1.54) is 72.4 Å². The first-order valence-corrected chi connectivity index (χ1v) is 16.1. The second-order valence-electron chi connectivity index (χ2n) is 12.9. The van der Waals surface area contributed by atoms with E-state index in [0.29, 0.717) is 0 Å². The first-order valence-electron chi connectivity index (χ1n) is 16.1. The summed E-state index contributed by atoms with van der Waals surface area (Å²) in [4.78, 5) is 2.44. The third-order valence-electron chi connectivity index (χ3n) is 10.0. The Hall–Kier alpha value is -5.66.